The van der Waals surface area contributed by atoms with E-state index in [4.69, 9.17) is 0 Å². The van der Waals surface area contributed by atoms with Crippen molar-refractivity contribution in [1.82, 2.24) is 19.3 Å². The highest BCUT2D eigenvalue weighted by atomic mass is 16.2. The molecule has 2 unspecified atom stereocenters. The van der Waals surface area contributed by atoms with Crippen molar-refractivity contribution < 1.29 is 9.59 Å². The molecule has 4 rings (SSSR count). The quantitative estimate of drug-likeness (QED) is 0.685. The molecule has 152 valence electrons. The summed E-state index contributed by atoms with van der Waals surface area (Å²) >= 11 is 0. The molecule has 7 heteroatoms. The van der Waals surface area contributed by atoms with Gasteiger partial charge in [-0.25, -0.2) is 0 Å². The summed E-state index contributed by atoms with van der Waals surface area (Å²) in [5, 5.41) is 0. The van der Waals surface area contributed by atoms with Gasteiger partial charge in [-0.3, -0.25) is 19.3 Å². The van der Waals surface area contributed by atoms with Crippen molar-refractivity contribution in [2.75, 3.05) is 52.4 Å². The summed E-state index contributed by atoms with van der Waals surface area (Å²) in [6.45, 7) is 9.05. The summed E-state index contributed by atoms with van der Waals surface area (Å²) in [5.74, 6) is 0.673. The molecule has 1 amide bonds. The van der Waals surface area contributed by atoms with Gasteiger partial charge in [-0.05, 0) is 24.9 Å². The fourth-order valence-corrected chi connectivity index (χ4v) is 5.02. The van der Waals surface area contributed by atoms with E-state index in [2.05, 4.69) is 16.7 Å². The first-order chi connectivity index (χ1) is 13.5. The number of piperidine rings is 1. The molecule has 1 aromatic heterocycles. The maximum absolute atomic E-state index is 12.5. The van der Waals surface area contributed by atoms with E-state index in [1.165, 1.54) is 0 Å². The molecule has 2 atom stereocenters. The third-order valence-corrected chi connectivity index (χ3v) is 6.48. The van der Waals surface area contributed by atoms with Gasteiger partial charge in [0, 0.05) is 63.5 Å². The number of ketones is 1. The third kappa shape index (κ3) is 4.05. The molecular weight excluding hydrogens is 356 g/mol. The fourth-order valence-electron chi connectivity index (χ4n) is 5.02. The SMILES string of the molecule is CCN1CCN(C(=O)CC(=O)CN2CC3CC(C2)c2cccc(=O)n2C3)CC1. The van der Waals surface area contributed by atoms with Crippen LogP contribution in [-0.4, -0.2) is 83.3 Å². The van der Waals surface area contributed by atoms with Gasteiger partial charge in [0.1, 0.15) is 0 Å². The predicted octanol–water partition coefficient (Wildman–Crippen LogP) is 0.391. The van der Waals surface area contributed by atoms with E-state index >= 15 is 0 Å². The van der Waals surface area contributed by atoms with Crippen LogP contribution >= 0.6 is 0 Å². The average Bonchev–Trinajstić information content (AvgIpc) is 2.68. The Morgan fingerprint density at radius 2 is 1.82 bits per heavy atom. The van der Waals surface area contributed by atoms with E-state index in [1.807, 2.05) is 21.6 Å². The summed E-state index contributed by atoms with van der Waals surface area (Å²) < 4.78 is 1.90. The van der Waals surface area contributed by atoms with Crippen molar-refractivity contribution >= 4 is 11.7 Å². The number of likely N-dealkylation sites (tertiary alicyclic amines) is 1. The molecular formula is C21H30N4O3. The first-order valence-electron chi connectivity index (χ1n) is 10.5. The van der Waals surface area contributed by atoms with Gasteiger partial charge in [-0.1, -0.05) is 13.0 Å². The first kappa shape index (κ1) is 19.3. The summed E-state index contributed by atoms with van der Waals surface area (Å²) in [6, 6.07) is 5.49. The van der Waals surface area contributed by atoms with Gasteiger partial charge >= 0.3 is 0 Å². The molecule has 1 aromatic rings. The molecule has 0 radical (unpaired) electrons. The number of amides is 1. The molecule has 3 aliphatic heterocycles. The van der Waals surface area contributed by atoms with Gasteiger partial charge in [0.25, 0.3) is 5.56 Å². The Kier molecular flexibility index (Phi) is 5.64. The molecule has 0 saturated carbocycles. The first-order valence-corrected chi connectivity index (χ1v) is 10.5. The lowest BCUT2D eigenvalue weighted by molar-refractivity contribution is -0.137. The van der Waals surface area contributed by atoms with Crippen LogP contribution in [0.1, 0.15) is 31.4 Å². The Morgan fingerprint density at radius 1 is 1.04 bits per heavy atom. The van der Waals surface area contributed by atoms with Crippen LogP contribution < -0.4 is 5.56 Å². The lowest BCUT2D eigenvalue weighted by Gasteiger charge is -2.42. The van der Waals surface area contributed by atoms with Gasteiger partial charge in [-0.15, -0.1) is 0 Å². The standard InChI is InChI=1S/C21H30N4O3/c1-2-22-6-8-24(9-7-22)21(28)11-18(26)15-23-12-16-10-17(14-23)19-4-3-5-20(27)25(19)13-16/h3-5,16-17H,2,6-15H2,1H3. The Morgan fingerprint density at radius 3 is 2.57 bits per heavy atom. The molecule has 0 spiro atoms. The summed E-state index contributed by atoms with van der Waals surface area (Å²) in [6.07, 6.45) is 1.09. The van der Waals surface area contributed by atoms with Crippen molar-refractivity contribution in [1.29, 1.82) is 0 Å². The number of pyridine rings is 1. The van der Waals surface area contributed by atoms with Gasteiger partial charge in [0.15, 0.2) is 5.78 Å². The normalized spacial score (nSPS) is 25.4. The van der Waals surface area contributed by atoms with E-state index in [-0.39, 0.29) is 23.7 Å². The van der Waals surface area contributed by atoms with Crippen LogP contribution in [0, 0.1) is 5.92 Å². The number of hydrogen-bond donors (Lipinski definition) is 0. The van der Waals surface area contributed by atoms with Crippen molar-refractivity contribution in [2.24, 2.45) is 5.92 Å². The number of carbonyl (C=O) groups excluding carboxylic acids is 2. The van der Waals surface area contributed by atoms with Crippen LogP contribution in [0.25, 0.3) is 0 Å². The van der Waals surface area contributed by atoms with Gasteiger partial charge < -0.3 is 14.4 Å². The number of carbonyl (C=O) groups is 2. The minimum Gasteiger partial charge on any atom is -0.340 e. The zero-order valence-corrected chi connectivity index (χ0v) is 16.7. The zero-order chi connectivity index (χ0) is 19.7. The molecule has 7 nitrogen and oxygen atoms in total. The number of rotatable bonds is 5. The maximum Gasteiger partial charge on any atom is 0.250 e. The maximum atomic E-state index is 12.5. The number of Topliss-reactive ketones (excluding diaryl/α,β-unsaturated/α-hetero) is 1. The number of hydrogen-bond acceptors (Lipinski definition) is 5. The van der Waals surface area contributed by atoms with E-state index in [9.17, 15) is 14.4 Å². The van der Waals surface area contributed by atoms with Crippen LogP contribution in [0.5, 0.6) is 0 Å². The lowest BCUT2D eigenvalue weighted by atomic mass is 9.83. The molecule has 0 aromatic carbocycles. The zero-order valence-electron chi connectivity index (χ0n) is 16.7. The predicted molar refractivity (Wildman–Crippen MR) is 106 cm³/mol. The number of nitrogens with zero attached hydrogens (tertiary/aromatic N) is 4. The van der Waals surface area contributed by atoms with Crippen molar-refractivity contribution in [3.8, 4) is 0 Å². The molecule has 2 bridgehead atoms. The van der Waals surface area contributed by atoms with Gasteiger partial charge in [0.05, 0.1) is 13.0 Å². The van der Waals surface area contributed by atoms with E-state index in [0.29, 0.717) is 18.4 Å². The van der Waals surface area contributed by atoms with Crippen LogP contribution in [-0.2, 0) is 16.1 Å². The minimum absolute atomic E-state index is 0.00773. The largest absolute Gasteiger partial charge is 0.340 e. The summed E-state index contributed by atoms with van der Waals surface area (Å²) in [5.41, 5.74) is 1.16. The second-order valence-corrected chi connectivity index (χ2v) is 8.42. The topological polar surface area (TPSA) is 65.9 Å². The van der Waals surface area contributed by atoms with Gasteiger partial charge in [0.2, 0.25) is 5.91 Å². The second kappa shape index (κ2) is 8.17. The highest BCUT2D eigenvalue weighted by molar-refractivity contribution is 5.99. The van der Waals surface area contributed by atoms with E-state index in [0.717, 1.165) is 64.5 Å². The Bertz CT molecular complexity index is 797. The molecule has 0 N–H and O–H groups in total. The van der Waals surface area contributed by atoms with Crippen LogP contribution in [0.15, 0.2) is 23.0 Å². The van der Waals surface area contributed by atoms with E-state index in [1.54, 1.807) is 6.07 Å². The molecule has 2 fully saturated rings. The number of fused-ring (bicyclic) bond motifs is 4. The van der Waals surface area contributed by atoms with Crippen LogP contribution in [0.3, 0.4) is 0 Å². The van der Waals surface area contributed by atoms with Crippen molar-refractivity contribution in [2.45, 2.75) is 32.2 Å². The molecule has 2 saturated heterocycles. The molecule has 28 heavy (non-hydrogen) atoms. The fraction of sp³-hybridized carbons (Fsp3) is 0.667. The summed E-state index contributed by atoms with van der Waals surface area (Å²) in [4.78, 5) is 43.5. The smallest absolute Gasteiger partial charge is 0.250 e. The third-order valence-electron chi connectivity index (χ3n) is 6.48. The van der Waals surface area contributed by atoms with Crippen LogP contribution in [0.2, 0.25) is 0 Å². The monoisotopic (exact) mass is 386 g/mol. The Labute approximate surface area is 165 Å². The summed E-state index contributed by atoms with van der Waals surface area (Å²) in [7, 11) is 0. The highest BCUT2D eigenvalue weighted by Gasteiger charge is 2.35. The van der Waals surface area contributed by atoms with Crippen molar-refractivity contribution in [3.63, 3.8) is 0 Å². The van der Waals surface area contributed by atoms with Gasteiger partial charge in [-0.2, -0.15) is 0 Å². The Hall–Kier alpha value is -1.99. The highest BCUT2D eigenvalue weighted by Crippen LogP contribution is 2.34. The van der Waals surface area contributed by atoms with Crippen LogP contribution in [0.4, 0.5) is 0 Å². The molecule has 4 heterocycles. The number of likely N-dealkylation sites (N-methyl/N-ethyl adjacent to an activating group) is 1. The lowest BCUT2D eigenvalue weighted by Crippen LogP contribution is -2.50. The average molecular weight is 386 g/mol. The number of piperazine rings is 1. The van der Waals surface area contributed by atoms with E-state index < -0.39 is 0 Å². The molecule has 0 aliphatic carbocycles. The Balaban J connectivity index is 1.31. The van der Waals surface area contributed by atoms with Crippen molar-refractivity contribution in [3.05, 3.63) is 34.2 Å². The minimum atomic E-state index is -0.0325. The number of aromatic nitrogens is 1. The second-order valence-electron chi connectivity index (χ2n) is 8.42. The molecule has 3 aliphatic rings.